The van der Waals surface area contributed by atoms with E-state index in [1.807, 2.05) is 31.2 Å². The third-order valence-electron chi connectivity index (χ3n) is 4.10. The van der Waals surface area contributed by atoms with Crippen molar-refractivity contribution in [1.29, 1.82) is 0 Å². The minimum absolute atomic E-state index is 0.207. The first kappa shape index (κ1) is 16.8. The number of nitrogens with zero attached hydrogens (tertiary/aromatic N) is 5. The minimum Gasteiger partial charge on any atom is -0.293 e. The lowest BCUT2D eigenvalue weighted by atomic mass is 10.2. The van der Waals surface area contributed by atoms with Crippen LogP contribution in [0.2, 0.25) is 10.0 Å². The van der Waals surface area contributed by atoms with Gasteiger partial charge in [0.25, 0.3) is 5.56 Å². The predicted octanol–water partition coefficient (Wildman–Crippen LogP) is 3.64. The summed E-state index contributed by atoms with van der Waals surface area (Å²) in [5.74, 6) is 0. The maximum absolute atomic E-state index is 12.7. The van der Waals surface area contributed by atoms with Gasteiger partial charge in [-0.15, -0.1) is 5.10 Å². The Hall–Kier alpha value is -2.70. The maximum Gasteiger partial charge on any atom is 0.283 e. The van der Waals surface area contributed by atoms with Gasteiger partial charge < -0.3 is 0 Å². The number of hydrogen-bond donors (Lipinski definition) is 0. The van der Waals surface area contributed by atoms with Crippen molar-refractivity contribution in [3.05, 3.63) is 80.3 Å². The van der Waals surface area contributed by atoms with E-state index in [9.17, 15) is 4.79 Å². The Bertz CT molecular complexity index is 1160. The number of hydrogen-bond acceptors (Lipinski definition) is 4. The molecule has 8 heteroatoms. The van der Waals surface area contributed by atoms with Gasteiger partial charge in [0.05, 0.1) is 12.2 Å². The van der Waals surface area contributed by atoms with Crippen LogP contribution in [-0.2, 0) is 6.54 Å². The third-order valence-corrected chi connectivity index (χ3v) is 4.75. The molecule has 0 atom stereocenters. The Morgan fingerprint density at radius 3 is 2.58 bits per heavy atom. The Morgan fingerprint density at radius 2 is 1.85 bits per heavy atom. The van der Waals surface area contributed by atoms with Gasteiger partial charge in [-0.3, -0.25) is 9.36 Å². The van der Waals surface area contributed by atoms with Gasteiger partial charge in [-0.25, -0.2) is 4.98 Å². The van der Waals surface area contributed by atoms with E-state index in [0.29, 0.717) is 27.9 Å². The van der Waals surface area contributed by atoms with Crippen LogP contribution in [0.15, 0.2) is 53.6 Å². The first-order chi connectivity index (χ1) is 12.5. The predicted molar refractivity (Wildman–Crippen MR) is 101 cm³/mol. The quantitative estimate of drug-likeness (QED) is 0.539. The Morgan fingerprint density at radius 1 is 1.08 bits per heavy atom. The van der Waals surface area contributed by atoms with Gasteiger partial charge in [0, 0.05) is 10.0 Å². The second kappa shape index (κ2) is 6.55. The van der Waals surface area contributed by atoms with E-state index >= 15 is 0 Å². The molecular weight excluding hydrogens is 373 g/mol. The molecule has 2 aromatic carbocycles. The molecule has 0 amide bonds. The van der Waals surface area contributed by atoms with Crippen LogP contribution < -0.4 is 5.56 Å². The van der Waals surface area contributed by atoms with Crippen LogP contribution in [0, 0.1) is 6.92 Å². The van der Waals surface area contributed by atoms with Crippen LogP contribution in [0.3, 0.4) is 0 Å². The molecular formula is C18H13Cl2N5O. The first-order valence-electron chi connectivity index (χ1n) is 7.85. The highest BCUT2D eigenvalue weighted by Gasteiger charge is 2.14. The molecule has 4 rings (SSSR count). The van der Waals surface area contributed by atoms with Crippen molar-refractivity contribution in [1.82, 2.24) is 24.5 Å². The van der Waals surface area contributed by atoms with E-state index in [1.54, 1.807) is 18.2 Å². The van der Waals surface area contributed by atoms with Gasteiger partial charge in [-0.2, -0.15) is 4.68 Å². The molecule has 2 heterocycles. The summed E-state index contributed by atoms with van der Waals surface area (Å²) in [7, 11) is 0. The van der Waals surface area contributed by atoms with Gasteiger partial charge in [0.15, 0.2) is 11.2 Å². The van der Waals surface area contributed by atoms with Crippen LogP contribution in [0.4, 0.5) is 0 Å². The van der Waals surface area contributed by atoms with E-state index < -0.39 is 0 Å². The normalized spacial score (nSPS) is 11.2. The maximum atomic E-state index is 12.7. The molecule has 0 saturated heterocycles. The summed E-state index contributed by atoms with van der Waals surface area (Å²) in [6, 6.07) is 12.8. The summed E-state index contributed by atoms with van der Waals surface area (Å²) in [4.78, 5) is 17.1. The van der Waals surface area contributed by atoms with Crippen LogP contribution in [0.25, 0.3) is 16.9 Å². The van der Waals surface area contributed by atoms with Crippen LogP contribution >= 0.6 is 23.2 Å². The highest BCUT2D eigenvalue weighted by molar-refractivity contribution is 6.31. The molecule has 0 saturated carbocycles. The SMILES string of the molecule is Cc1ccc(-n2nnc3c(=O)n(Cc4ccc(Cl)cc4)cnc32)cc1Cl. The molecule has 0 unspecified atom stereocenters. The summed E-state index contributed by atoms with van der Waals surface area (Å²) >= 11 is 12.1. The number of aromatic nitrogens is 5. The van der Waals surface area contributed by atoms with Crippen molar-refractivity contribution in [3.8, 4) is 5.69 Å². The minimum atomic E-state index is -0.255. The Labute approximate surface area is 158 Å². The lowest BCUT2D eigenvalue weighted by molar-refractivity contribution is 0.745. The smallest absolute Gasteiger partial charge is 0.283 e. The summed E-state index contributed by atoms with van der Waals surface area (Å²) < 4.78 is 3.00. The molecule has 2 aromatic heterocycles. The summed E-state index contributed by atoms with van der Waals surface area (Å²) in [6.45, 7) is 2.29. The average molecular weight is 386 g/mol. The lowest BCUT2D eigenvalue weighted by Crippen LogP contribution is -2.21. The lowest BCUT2D eigenvalue weighted by Gasteiger charge is -2.06. The molecule has 0 N–H and O–H groups in total. The number of rotatable bonds is 3. The van der Waals surface area contributed by atoms with E-state index in [1.165, 1.54) is 15.6 Å². The Balaban J connectivity index is 1.76. The summed E-state index contributed by atoms with van der Waals surface area (Å²) in [6.07, 6.45) is 1.49. The monoisotopic (exact) mass is 385 g/mol. The molecule has 130 valence electrons. The Kier molecular flexibility index (Phi) is 4.22. The van der Waals surface area contributed by atoms with Crippen molar-refractivity contribution >= 4 is 34.4 Å². The number of aryl methyl sites for hydroxylation is 1. The summed E-state index contributed by atoms with van der Waals surface area (Å²) in [5, 5.41) is 9.35. The summed E-state index contributed by atoms with van der Waals surface area (Å²) in [5.41, 5.74) is 2.94. The molecule has 26 heavy (non-hydrogen) atoms. The van der Waals surface area contributed by atoms with Gasteiger partial charge in [0.1, 0.15) is 6.33 Å². The van der Waals surface area contributed by atoms with E-state index in [0.717, 1.165) is 11.1 Å². The first-order valence-corrected chi connectivity index (χ1v) is 8.60. The molecule has 0 radical (unpaired) electrons. The van der Waals surface area contributed by atoms with Crippen molar-refractivity contribution in [2.75, 3.05) is 0 Å². The van der Waals surface area contributed by atoms with Crippen molar-refractivity contribution in [3.63, 3.8) is 0 Å². The highest BCUT2D eigenvalue weighted by Crippen LogP contribution is 2.20. The fourth-order valence-corrected chi connectivity index (χ4v) is 2.93. The van der Waals surface area contributed by atoms with E-state index in [-0.39, 0.29) is 11.1 Å². The standard InChI is InChI=1S/C18H13Cl2N5O/c1-11-2-7-14(8-15(11)20)25-17-16(22-23-25)18(26)24(10-21-17)9-12-3-5-13(19)6-4-12/h2-8,10H,9H2,1H3. The topological polar surface area (TPSA) is 65.6 Å². The van der Waals surface area contributed by atoms with Gasteiger partial charge >= 0.3 is 0 Å². The van der Waals surface area contributed by atoms with Crippen LogP contribution in [0.1, 0.15) is 11.1 Å². The van der Waals surface area contributed by atoms with Crippen molar-refractivity contribution < 1.29 is 0 Å². The van der Waals surface area contributed by atoms with Crippen molar-refractivity contribution in [2.45, 2.75) is 13.5 Å². The van der Waals surface area contributed by atoms with Gasteiger partial charge in [0.2, 0.25) is 0 Å². The second-order valence-electron chi connectivity index (χ2n) is 5.91. The molecule has 0 spiro atoms. The number of halogens is 2. The molecule has 0 aliphatic carbocycles. The molecule has 0 bridgehead atoms. The van der Waals surface area contributed by atoms with Gasteiger partial charge in [-0.05, 0) is 42.3 Å². The molecule has 4 aromatic rings. The highest BCUT2D eigenvalue weighted by atomic mass is 35.5. The van der Waals surface area contributed by atoms with Crippen molar-refractivity contribution in [2.24, 2.45) is 0 Å². The second-order valence-corrected chi connectivity index (χ2v) is 6.75. The zero-order chi connectivity index (χ0) is 18.3. The van der Waals surface area contributed by atoms with E-state index in [4.69, 9.17) is 23.2 Å². The zero-order valence-electron chi connectivity index (χ0n) is 13.7. The molecule has 0 aliphatic rings. The van der Waals surface area contributed by atoms with E-state index in [2.05, 4.69) is 15.3 Å². The number of benzene rings is 2. The third kappa shape index (κ3) is 2.98. The molecule has 0 fully saturated rings. The fourth-order valence-electron chi connectivity index (χ4n) is 2.63. The molecule has 6 nitrogen and oxygen atoms in total. The molecule has 0 aliphatic heterocycles. The fraction of sp³-hybridized carbons (Fsp3) is 0.111. The van der Waals surface area contributed by atoms with Crippen LogP contribution in [-0.4, -0.2) is 24.5 Å². The van der Waals surface area contributed by atoms with Gasteiger partial charge in [-0.1, -0.05) is 46.6 Å². The van der Waals surface area contributed by atoms with Crippen LogP contribution in [0.5, 0.6) is 0 Å². The largest absolute Gasteiger partial charge is 0.293 e. The number of fused-ring (bicyclic) bond motifs is 1. The zero-order valence-corrected chi connectivity index (χ0v) is 15.2. The average Bonchev–Trinajstić information content (AvgIpc) is 3.06.